The molecule has 12 nitrogen and oxygen atoms in total. The van der Waals surface area contributed by atoms with Gasteiger partial charge in [-0.05, 0) is 25.7 Å². The van der Waals surface area contributed by atoms with Gasteiger partial charge in [-0.1, -0.05) is 5.16 Å². The van der Waals surface area contributed by atoms with Crippen molar-refractivity contribution in [2.24, 2.45) is 5.73 Å². The second kappa shape index (κ2) is 10.6. The van der Waals surface area contributed by atoms with Crippen LogP contribution >= 0.6 is 0 Å². The zero-order valence-electron chi connectivity index (χ0n) is 15.2. The Hall–Kier alpha value is -3.44. The predicted molar refractivity (Wildman–Crippen MR) is 94.9 cm³/mol. The van der Waals surface area contributed by atoms with Crippen molar-refractivity contribution < 1.29 is 24.0 Å². The summed E-state index contributed by atoms with van der Waals surface area (Å²) in [5.41, 5.74) is 5.05. The van der Waals surface area contributed by atoms with Gasteiger partial charge in [0.25, 0.3) is 6.47 Å². The van der Waals surface area contributed by atoms with E-state index in [2.05, 4.69) is 20.4 Å². The lowest BCUT2D eigenvalue weighted by atomic mass is 10.00. The lowest BCUT2D eigenvalue weighted by Gasteiger charge is -2.35. The molecule has 2 aromatic heterocycles. The maximum atomic E-state index is 12.5. The van der Waals surface area contributed by atoms with Crippen LogP contribution in [0.2, 0.25) is 0 Å². The number of hydrogen-bond donors (Lipinski definition) is 3. The highest BCUT2D eigenvalue weighted by molar-refractivity contribution is 5.87. The molecule has 0 radical (unpaired) electrons. The highest BCUT2D eigenvalue weighted by Gasteiger charge is 2.26. The molecule has 0 saturated carbocycles. The Bertz CT molecular complexity index is 761. The molecule has 4 N–H and O–H groups in total. The number of piperidine rings is 1. The Labute approximate surface area is 160 Å². The Morgan fingerprint density at radius 1 is 1.43 bits per heavy atom. The molecular formula is C16H23N7O5. The van der Waals surface area contributed by atoms with Crippen molar-refractivity contribution in [3.05, 3.63) is 30.4 Å². The normalized spacial score (nSPS) is 16.0. The smallest absolute Gasteiger partial charge is 0.318 e. The molecule has 3 heterocycles. The van der Waals surface area contributed by atoms with Crippen molar-refractivity contribution >= 4 is 18.4 Å². The summed E-state index contributed by atoms with van der Waals surface area (Å²) in [7, 11) is 0. The summed E-state index contributed by atoms with van der Waals surface area (Å²) in [6.45, 7) is 1.38. The lowest BCUT2D eigenvalue weighted by Crippen LogP contribution is -2.48. The van der Waals surface area contributed by atoms with Crippen LogP contribution in [0, 0.1) is 0 Å². The SMILES string of the molecule is NC(=O)c1nc(CNC(=O)N2CCCCC2CCn2ccnc2)no1.O=CO. The van der Waals surface area contributed by atoms with Crippen molar-refractivity contribution in [2.75, 3.05) is 6.54 Å². The summed E-state index contributed by atoms with van der Waals surface area (Å²) >= 11 is 0. The Kier molecular flexibility index (Phi) is 7.93. The molecule has 1 atom stereocenters. The molecule has 3 amide bonds. The molecule has 0 aliphatic carbocycles. The zero-order valence-corrected chi connectivity index (χ0v) is 15.2. The molecule has 0 aromatic carbocycles. The van der Waals surface area contributed by atoms with E-state index in [0.717, 1.165) is 38.8 Å². The molecule has 12 heteroatoms. The average Bonchev–Trinajstić information content (AvgIpc) is 3.37. The van der Waals surface area contributed by atoms with E-state index in [4.69, 9.17) is 20.2 Å². The lowest BCUT2D eigenvalue weighted by molar-refractivity contribution is -0.122. The summed E-state index contributed by atoms with van der Waals surface area (Å²) in [6, 6.07) is 0.0170. The van der Waals surface area contributed by atoms with Gasteiger partial charge in [0.05, 0.1) is 12.9 Å². The third-order valence-electron chi connectivity index (χ3n) is 4.24. The third-order valence-corrected chi connectivity index (χ3v) is 4.24. The molecule has 2 aromatic rings. The van der Waals surface area contributed by atoms with Crippen LogP contribution in [0.3, 0.4) is 0 Å². The van der Waals surface area contributed by atoms with E-state index in [9.17, 15) is 9.59 Å². The number of carboxylic acid groups (broad SMARTS) is 1. The fourth-order valence-corrected chi connectivity index (χ4v) is 2.97. The number of nitrogens with zero attached hydrogens (tertiary/aromatic N) is 5. The van der Waals surface area contributed by atoms with Gasteiger partial charge in [0, 0.05) is 31.5 Å². The summed E-state index contributed by atoms with van der Waals surface area (Å²) < 4.78 is 6.70. The van der Waals surface area contributed by atoms with E-state index in [-0.39, 0.29) is 36.8 Å². The minimum Gasteiger partial charge on any atom is -0.483 e. The van der Waals surface area contributed by atoms with Gasteiger partial charge >= 0.3 is 17.8 Å². The highest BCUT2D eigenvalue weighted by Crippen LogP contribution is 2.20. The Balaban J connectivity index is 0.000000878. The van der Waals surface area contributed by atoms with Crippen molar-refractivity contribution in [2.45, 2.75) is 44.8 Å². The fourth-order valence-electron chi connectivity index (χ4n) is 2.97. The number of primary amides is 1. The van der Waals surface area contributed by atoms with Crippen LogP contribution in [-0.2, 0) is 17.9 Å². The standard InChI is InChI=1S/C15H21N7O3.CH2O2/c16-13(23)14-19-12(20-25-14)9-18-15(24)22-6-2-1-3-11(22)4-7-21-8-5-17-10-21;2-1-3/h5,8,10-11H,1-4,6-7,9H2,(H2,16,23)(H,18,24);1H,(H,2,3). The fraction of sp³-hybridized carbons (Fsp3) is 0.500. The molecule has 1 unspecified atom stereocenters. The van der Waals surface area contributed by atoms with Crippen molar-refractivity contribution in [1.82, 2.24) is 29.9 Å². The summed E-state index contributed by atoms with van der Waals surface area (Å²) in [6.07, 6.45) is 9.40. The molecule has 28 heavy (non-hydrogen) atoms. The van der Waals surface area contributed by atoms with Gasteiger partial charge < -0.3 is 30.1 Å². The third kappa shape index (κ3) is 6.07. The number of urea groups is 1. The number of nitrogens with two attached hydrogens (primary N) is 1. The van der Waals surface area contributed by atoms with E-state index in [1.165, 1.54) is 0 Å². The average molecular weight is 393 g/mol. The van der Waals surface area contributed by atoms with Crippen LogP contribution in [0.4, 0.5) is 4.79 Å². The molecular weight excluding hydrogens is 370 g/mol. The molecule has 1 fully saturated rings. The monoisotopic (exact) mass is 393 g/mol. The topological polar surface area (TPSA) is 169 Å². The first-order valence-electron chi connectivity index (χ1n) is 8.75. The second-order valence-corrected chi connectivity index (χ2v) is 6.08. The molecule has 0 bridgehead atoms. The molecule has 3 rings (SSSR count). The van der Waals surface area contributed by atoms with Crippen molar-refractivity contribution in [3.63, 3.8) is 0 Å². The quantitative estimate of drug-likeness (QED) is 0.585. The first-order valence-corrected chi connectivity index (χ1v) is 8.75. The number of aromatic nitrogens is 4. The first kappa shape index (κ1) is 20.9. The van der Waals surface area contributed by atoms with Crippen LogP contribution in [0.5, 0.6) is 0 Å². The number of aryl methyl sites for hydroxylation is 1. The van der Waals surface area contributed by atoms with Crippen molar-refractivity contribution in [3.8, 4) is 0 Å². The van der Waals surface area contributed by atoms with Gasteiger partial charge in [0.1, 0.15) is 0 Å². The first-order chi connectivity index (χ1) is 13.5. The second-order valence-electron chi connectivity index (χ2n) is 6.08. The summed E-state index contributed by atoms with van der Waals surface area (Å²) in [4.78, 5) is 41.5. The Morgan fingerprint density at radius 3 is 2.86 bits per heavy atom. The van der Waals surface area contributed by atoms with Gasteiger partial charge in [-0.15, -0.1) is 0 Å². The number of imidazole rings is 1. The number of carbonyl (C=O) groups excluding carboxylic acids is 2. The van der Waals surface area contributed by atoms with E-state index >= 15 is 0 Å². The number of hydrogen-bond acceptors (Lipinski definition) is 7. The summed E-state index contributed by atoms with van der Waals surface area (Å²) in [5, 5.41) is 13.3. The van der Waals surface area contributed by atoms with Gasteiger partial charge in [-0.3, -0.25) is 9.59 Å². The maximum absolute atomic E-state index is 12.5. The predicted octanol–water partition coefficient (Wildman–Crippen LogP) is 0.220. The number of nitrogens with one attached hydrogen (secondary N) is 1. The molecule has 0 spiro atoms. The van der Waals surface area contributed by atoms with Gasteiger partial charge in [0.2, 0.25) is 0 Å². The number of likely N-dealkylation sites (tertiary alicyclic amines) is 1. The maximum Gasteiger partial charge on any atom is 0.318 e. The van der Waals surface area contributed by atoms with Crippen molar-refractivity contribution in [1.29, 1.82) is 0 Å². The number of rotatable bonds is 6. The van der Waals surface area contributed by atoms with Crippen LogP contribution in [0.1, 0.15) is 42.2 Å². The van der Waals surface area contributed by atoms with E-state index < -0.39 is 5.91 Å². The van der Waals surface area contributed by atoms with Gasteiger partial charge in [-0.25, -0.2) is 9.78 Å². The van der Waals surface area contributed by atoms with Gasteiger partial charge in [0.15, 0.2) is 5.82 Å². The zero-order chi connectivity index (χ0) is 20.4. The molecule has 1 saturated heterocycles. The Morgan fingerprint density at radius 2 is 2.21 bits per heavy atom. The number of amides is 3. The minimum atomic E-state index is -0.791. The van der Waals surface area contributed by atoms with Crippen LogP contribution in [0.25, 0.3) is 0 Å². The molecule has 1 aliphatic heterocycles. The highest BCUT2D eigenvalue weighted by atomic mass is 16.5. The van der Waals surface area contributed by atoms with E-state index in [1.54, 1.807) is 12.5 Å². The van der Waals surface area contributed by atoms with E-state index in [1.807, 2.05) is 15.7 Å². The van der Waals surface area contributed by atoms with E-state index in [0.29, 0.717) is 0 Å². The molecule has 152 valence electrons. The molecule has 1 aliphatic rings. The summed E-state index contributed by atoms with van der Waals surface area (Å²) in [5.74, 6) is -0.838. The van der Waals surface area contributed by atoms with Crippen LogP contribution in [0.15, 0.2) is 23.2 Å². The largest absolute Gasteiger partial charge is 0.483 e. The van der Waals surface area contributed by atoms with Gasteiger partial charge in [-0.2, -0.15) is 4.98 Å². The number of carbonyl (C=O) groups is 3. The van der Waals surface area contributed by atoms with Crippen LogP contribution in [-0.4, -0.2) is 60.7 Å². The minimum absolute atomic E-state index is 0.0837. The van der Waals surface area contributed by atoms with Crippen LogP contribution < -0.4 is 11.1 Å².